The van der Waals surface area contributed by atoms with Gasteiger partial charge in [-0.15, -0.1) is 0 Å². The van der Waals surface area contributed by atoms with Crippen molar-refractivity contribution in [2.24, 2.45) is 0 Å². The molecule has 1 fully saturated rings. The van der Waals surface area contributed by atoms with Crippen molar-refractivity contribution in [1.82, 2.24) is 5.32 Å². The summed E-state index contributed by atoms with van der Waals surface area (Å²) in [4.78, 5) is 38.2. The molecule has 9 heteroatoms. The molecule has 1 aliphatic heterocycles. The van der Waals surface area contributed by atoms with Gasteiger partial charge in [-0.05, 0) is 74.1 Å². The van der Waals surface area contributed by atoms with E-state index in [0.717, 1.165) is 4.47 Å². The van der Waals surface area contributed by atoms with E-state index in [1.165, 1.54) is 11.0 Å². The zero-order valence-electron chi connectivity index (χ0n) is 16.8. The molecular formula is C22H19BrN2O5S. The minimum absolute atomic E-state index is 0.0199. The third-order valence-corrected chi connectivity index (χ3v) is 4.91. The quantitative estimate of drug-likeness (QED) is 0.281. The van der Waals surface area contributed by atoms with Gasteiger partial charge >= 0.3 is 5.97 Å². The number of carbonyl (C=O) groups excluding carboxylic acids is 3. The summed E-state index contributed by atoms with van der Waals surface area (Å²) in [6.07, 6.45) is 1.26. The molecule has 1 aliphatic rings. The van der Waals surface area contributed by atoms with Gasteiger partial charge in [-0.3, -0.25) is 19.8 Å². The first kappa shape index (κ1) is 22.6. The zero-order chi connectivity index (χ0) is 22.5. The Balaban J connectivity index is 1.76. The highest BCUT2D eigenvalue weighted by atomic mass is 79.9. The Morgan fingerprint density at radius 2 is 1.77 bits per heavy atom. The summed E-state index contributed by atoms with van der Waals surface area (Å²) < 4.78 is 11.2. The molecule has 0 radical (unpaired) electrons. The average molecular weight is 503 g/mol. The Bertz CT molecular complexity index is 1050. The second-order valence-corrected chi connectivity index (χ2v) is 8.13. The summed E-state index contributed by atoms with van der Waals surface area (Å²) in [6, 6.07) is 13.6. The molecular weight excluding hydrogens is 484 g/mol. The molecule has 2 aromatic carbocycles. The first-order chi connectivity index (χ1) is 14.7. The van der Waals surface area contributed by atoms with Crippen LogP contribution in [0.25, 0.3) is 6.08 Å². The molecule has 0 bridgehead atoms. The van der Waals surface area contributed by atoms with Gasteiger partial charge in [0.15, 0.2) is 11.7 Å². The van der Waals surface area contributed by atoms with E-state index in [-0.39, 0.29) is 23.4 Å². The molecule has 1 saturated heterocycles. The standard InChI is InChI=1S/C22H19BrN2O5S/c1-13(2)30-19(26)12-29-17-9-3-14(4-10-17)11-18-20(27)24-22(31)25(21(18)28)16-7-5-15(23)6-8-16/h3-11,13H,12H2,1-2H3,(H,24,27,31)/b18-11+. The van der Waals surface area contributed by atoms with Crippen molar-refractivity contribution in [2.45, 2.75) is 20.0 Å². The lowest BCUT2D eigenvalue weighted by Gasteiger charge is -2.29. The molecule has 0 spiro atoms. The van der Waals surface area contributed by atoms with E-state index < -0.39 is 17.8 Å². The highest BCUT2D eigenvalue weighted by Crippen LogP contribution is 2.24. The van der Waals surface area contributed by atoms with Crippen LogP contribution >= 0.6 is 28.1 Å². The molecule has 0 atom stereocenters. The fourth-order valence-electron chi connectivity index (χ4n) is 2.75. The number of nitrogens with one attached hydrogen (secondary N) is 1. The molecule has 1 heterocycles. The van der Waals surface area contributed by atoms with E-state index in [2.05, 4.69) is 21.2 Å². The summed E-state index contributed by atoms with van der Waals surface area (Å²) >= 11 is 8.53. The van der Waals surface area contributed by atoms with Crippen LogP contribution in [0.5, 0.6) is 5.75 Å². The minimum Gasteiger partial charge on any atom is -0.482 e. The number of amides is 2. The second kappa shape index (κ2) is 9.84. The Hall–Kier alpha value is -3.04. The summed E-state index contributed by atoms with van der Waals surface area (Å²) in [7, 11) is 0. The van der Waals surface area contributed by atoms with Crippen molar-refractivity contribution in [3.05, 3.63) is 64.1 Å². The van der Waals surface area contributed by atoms with Crippen molar-refractivity contribution in [2.75, 3.05) is 11.5 Å². The maximum Gasteiger partial charge on any atom is 0.344 e. The summed E-state index contributed by atoms with van der Waals surface area (Å²) in [5.41, 5.74) is 1.10. The molecule has 3 rings (SSSR count). The van der Waals surface area contributed by atoms with E-state index in [0.29, 0.717) is 17.0 Å². The zero-order valence-corrected chi connectivity index (χ0v) is 19.2. The van der Waals surface area contributed by atoms with Crippen LogP contribution < -0.4 is 15.0 Å². The largest absolute Gasteiger partial charge is 0.482 e. The first-order valence-corrected chi connectivity index (χ1v) is 10.5. The molecule has 2 aromatic rings. The number of rotatable bonds is 6. The lowest BCUT2D eigenvalue weighted by atomic mass is 10.1. The van der Waals surface area contributed by atoms with Crippen LogP contribution in [0.15, 0.2) is 58.6 Å². The summed E-state index contributed by atoms with van der Waals surface area (Å²) in [5.74, 6) is -1.09. The number of thiocarbonyl (C=S) groups is 1. The number of nitrogens with zero attached hydrogens (tertiary/aromatic N) is 1. The fourth-order valence-corrected chi connectivity index (χ4v) is 3.29. The molecule has 31 heavy (non-hydrogen) atoms. The number of hydrogen-bond donors (Lipinski definition) is 1. The molecule has 160 valence electrons. The molecule has 0 aliphatic carbocycles. The summed E-state index contributed by atoms with van der Waals surface area (Å²) in [6.45, 7) is 3.31. The van der Waals surface area contributed by atoms with Crippen LogP contribution in [-0.4, -0.2) is 35.6 Å². The number of carbonyl (C=O) groups is 3. The fraction of sp³-hybridized carbons (Fsp3) is 0.182. The third kappa shape index (κ3) is 5.77. The maximum atomic E-state index is 13.0. The second-order valence-electron chi connectivity index (χ2n) is 6.83. The van der Waals surface area contributed by atoms with Gasteiger partial charge in [0.1, 0.15) is 11.3 Å². The Morgan fingerprint density at radius 1 is 1.13 bits per heavy atom. The number of hydrogen-bond acceptors (Lipinski definition) is 6. The number of benzene rings is 2. The van der Waals surface area contributed by atoms with Gasteiger partial charge in [0.2, 0.25) is 0 Å². The van der Waals surface area contributed by atoms with Crippen LogP contribution in [-0.2, 0) is 19.1 Å². The summed E-state index contributed by atoms with van der Waals surface area (Å²) in [5, 5.41) is 2.56. The highest BCUT2D eigenvalue weighted by molar-refractivity contribution is 9.10. The van der Waals surface area contributed by atoms with E-state index in [1.54, 1.807) is 62.4 Å². The van der Waals surface area contributed by atoms with Crippen molar-refractivity contribution >= 4 is 62.8 Å². The van der Waals surface area contributed by atoms with Crippen molar-refractivity contribution in [3.63, 3.8) is 0 Å². The van der Waals surface area contributed by atoms with E-state index in [4.69, 9.17) is 21.7 Å². The number of esters is 1. The number of halogens is 1. The van der Waals surface area contributed by atoms with Crippen molar-refractivity contribution in [3.8, 4) is 5.75 Å². The third-order valence-electron chi connectivity index (χ3n) is 4.10. The monoisotopic (exact) mass is 502 g/mol. The average Bonchev–Trinajstić information content (AvgIpc) is 2.71. The van der Waals surface area contributed by atoms with Gasteiger partial charge in [0.05, 0.1) is 11.8 Å². The molecule has 2 amide bonds. The first-order valence-electron chi connectivity index (χ1n) is 9.34. The maximum absolute atomic E-state index is 13.0. The van der Waals surface area contributed by atoms with Gasteiger partial charge < -0.3 is 9.47 Å². The van der Waals surface area contributed by atoms with Crippen molar-refractivity contribution in [1.29, 1.82) is 0 Å². The van der Waals surface area contributed by atoms with Gasteiger partial charge in [0.25, 0.3) is 11.8 Å². The van der Waals surface area contributed by atoms with Gasteiger partial charge in [-0.25, -0.2) is 4.79 Å². The van der Waals surface area contributed by atoms with Crippen LogP contribution in [0.3, 0.4) is 0 Å². The Labute approximate surface area is 193 Å². The van der Waals surface area contributed by atoms with Gasteiger partial charge in [0, 0.05) is 4.47 Å². The Morgan fingerprint density at radius 3 is 2.39 bits per heavy atom. The van der Waals surface area contributed by atoms with Gasteiger partial charge in [-0.2, -0.15) is 0 Å². The van der Waals surface area contributed by atoms with E-state index in [9.17, 15) is 14.4 Å². The lowest BCUT2D eigenvalue weighted by molar-refractivity contribution is -0.149. The molecule has 0 unspecified atom stereocenters. The van der Waals surface area contributed by atoms with Crippen LogP contribution in [0, 0.1) is 0 Å². The molecule has 0 aromatic heterocycles. The van der Waals surface area contributed by atoms with Crippen molar-refractivity contribution < 1.29 is 23.9 Å². The minimum atomic E-state index is -0.569. The van der Waals surface area contributed by atoms with Gasteiger partial charge in [-0.1, -0.05) is 28.1 Å². The normalized spacial score (nSPS) is 15.3. The Kier molecular flexibility index (Phi) is 7.19. The molecule has 7 nitrogen and oxygen atoms in total. The highest BCUT2D eigenvalue weighted by Gasteiger charge is 2.34. The smallest absolute Gasteiger partial charge is 0.344 e. The topological polar surface area (TPSA) is 84.9 Å². The van der Waals surface area contributed by atoms with E-state index in [1.807, 2.05) is 0 Å². The number of anilines is 1. The predicted octanol–water partition coefficient (Wildman–Crippen LogP) is 3.61. The van der Waals surface area contributed by atoms with Crippen LogP contribution in [0.4, 0.5) is 5.69 Å². The SMILES string of the molecule is CC(C)OC(=O)COc1ccc(/C=C2\C(=O)NC(=S)N(c3ccc(Br)cc3)C2=O)cc1. The van der Waals surface area contributed by atoms with E-state index >= 15 is 0 Å². The molecule has 0 saturated carbocycles. The number of ether oxygens (including phenoxy) is 2. The molecule has 1 N–H and O–H groups in total. The van der Waals surface area contributed by atoms with Crippen LogP contribution in [0.1, 0.15) is 19.4 Å². The predicted molar refractivity (Wildman–Crippen MR) is 124 cm³/mol. The lowest BCUT2D eigenvalue weighted by Crippen LogP contribution is -2.54. The van der Waals surface area contributed by atoms with Crippen LogP contribution in [0.2, 0.25) is 0 Å².